The number of aliphatic hydroxyl groups excluding tert-OH is 1. The molecule has 27 heavy (non-hydrogen) atoms. The Morgan fingerprint density at radius 2 is 2.04 bits per heavy atom. The number of pyridine rings is 1. The number of halogens is 1. The van der Waals surface area contributed by atoms with Crippen molar-refractivity contribution in [2.45, 2.75) is 24.9 Å². The van der Waals surface area contributed by atoms with Crippen LogP contribution in [0, 0.1) is 0 Å². The van der Waals surface area contributed by atoms with Gasteiger partial charge in [0.15, 0.2) is 0 Å². The Morgan fingerprint density at radius 1 is 1.19 bits per heavy atom. The lowest BCUT2D eigenvalue weighted by Gasteiger charge is -2.16. The molecule has 0 amide bonds. The van der Waals surface area contributed by atoms with Crippen molar-refractivity contribution in [1.29, 1.82) is 0 Å². The van der Waals surface area contributed by atoms with E-state index in [9.17, 15) is 10.2 Å². The molecule has 0 unspecified atom stereocenters. The van der Waals surface area contributed by atoms with Crippen molar-refractivity contribution in [1.82, 2.24) is 24.4 Å². The molecule has 2 N–H and O–H groups in total. The van der Waals surface area contributed by atoms with Crippen molar-refractivity contribution < 1.29 is 10.2 Å². The summed E-state index contributed by atoms with van der Waals surface area (Å²) in [4.78, 5) is 4.20. The summed E-state index contributed by atoms with van der Waals surface area (Å²) >= 11 is 5.97. The van der Waals surface area contributed by atoms with E-state index in [4.69, 9.17) is 11.6 Å². The molecule has 1 aliphatic rings. The fraction of sp³-hybridized carbons (Fsp3) is 0.211. The van der Waals surface area contributed by atoms with E-state index in [0.29, 0.717) is 17.3 Å². The summed E-state index contributed by atoms with van der Waals surface area (Å²) in [6.45, 7) is 0. The molecule has 136 valence electrons. The molecule has 0 aliphatic heterocycles. The molecule has 1 atom stereocenters. The number of aliphatic hydroxyl groups is 1. The van der Waals surface area contributed by atoms with E-state index in [2.05, 4.69) is 21.4 Å². The van der Waals surface area contributed by atoms with Gasteiger partial charge in [0, 0.05) is 0 Å². The minimum atomic E-state index is -0.931. The van der Waals surface area contributed by atoms with E-state index in [1.807, 2.05) is 10.5 Å². The SMILES string of the molecule is Oc1ccc(-n2cc([C@@H](O)c3c(C4CC4)ccc4cncn34)nn2)cc1Cl. The smallest absolute Gasteiger partial charge is 0.140 e. The highest BCUT2D eigenvalue weighted by Gasteiger charge is 2.31. The zero-order valence-electron chi connectivity index (χ0n) is 14.2. The third-order valence-electron chi connectivity index (χ3n) is 4.92. The minimum Gasteiger partial charge on any atom is -0.506 e. The predicted molar refractivity (Wildman–Crippen MR) is 99.3 cm³/mol. The Balaban J connectivity index is 1.57. The molecule has 3 aromatic heterocycles. The number of imidazole rings is 1. The van der Waals surface area contributed by atoms with Crippen LogP contribution in [0.3, 0.4) is 0 Å². The van der Waals surface area contributed by atoms with Gasteiger partial charge in [-0.2, -0.15) is 0 Å². The topological polar surface area (TPSA) is 88.5 Å². The second-order valence-corrected chi connectivity index (χ2v) is 7.17. The molecule has 1 fully saturated rings. The van der Waals surface area contributed by atoms with Gasteiger partial charge in [-0.15, -0.1) is 5.10 Å². The van der Waals surface area contributed by atoms with Crippen LogP contribution in [-0.4, -0.2) is 34.6 Å². The average molecular weight is 382 g/mol. The molecule has 0 radical (unpaired) electrons. The van der Waals surface area contributed by atoms with Gasteiger partial charge in [0.2, 0.25) is 0 Å². The maximum absolute atomic E-state index is 11.1. The van der Waals surface area contributed by atoms with Crippen LogP contribution >= 0.6 is 11.6 Å². The monoisotopic (exact) mass is 381 g/mol. The molecule has 1 saturated carbocycles. The third kappa shape index (κ3) is 2.75. The van der Waals surface area contributed by atoms with E-state index >= 15 is 0 Å². The highest BCUT2D eigenvalue weighted by Crippen LogP contribution is 2.44. The Bertz CT molecular complexity index is 1150. The van der Waals surface area contributed by atoms with Crippen LogP contribution in [0.5, 0.6) is 5.75 Å². The first-order chi connectivity index (χ1) is 13.1. The number of rotatable bonds is 4. The molecular weight excluding hydrogens is 366 g/mol. The van der Waals surface area contributed by atoms with E-state index in [-0.39, 0.29) is 10.8 Å². The molecule has 0 bridgehead atoms. The summed E-state index contributed by atoms with van der Waals surface area (Å²) in [6, 6.07) is 8.85. The average Bonchev–Trinajstić information content (AvgIpc) is 3.19. The van der Waals surface area contributed by atoms with Gasteiger partial charge in [0.05, 0.1) is 40.6 Å². The largest absolute Gasteiger partial charge is 0.506 e. The number of phenols is 1. The van der Waals surface area contributed by atoms with Gasteiger partial charge in [-0.1, -0.05) is 22.9 Å². The Labute approximate surface area is 159 Å². The number of nitrogens with zero attached hydrogens (tertiary/aromatic N) is 5. The number of benzene rings is 1. The van der Waals surface area contributed by atoms with E-state index in [1.54, 1.807) is 30.9 Å². The summed E-state index contributed by atoms with van der Waals surface area (Å²) in [5.41, 5.74) is 3.90. The predicted octanol–water partition coefficient (Wildman–Crippen LogP) is 3.23. The number of hydrogen-bond donors (Lipinski definition) is 2. The second kappa shape index (κ2) is 6.07. The van der Waals surface area contributed by atoms with Crippen LogP contribution in [0.4, 0.5) is 0 Å². The van der Waals surface area contributed by atoms with Gasteiger partial charge in [-0.05, 0) is 48.6 Å². The minimum absolute atomic E-state index is 0.00153. The molecule has 1 aliphatic carbocycles. The molecule has 1 aromatic carbocycles. The maximum Gasteiger partial charge on any atom is 0.140 e. The number of hydrogen-bond acceptors (Lipinski definition) is 5. The van der Waals surface area contributed by atoms with Crippen LogP contribution in [0.15, 0.2) is 49.1 Å². The zero-order chi connectivity index (χ0) is 18.5. The van der Waals surface area contributed by atoms with Gasteiger partial charge in [0.25, 0.3) is 0 Å². The first kappa shape index (κ1) is 16.3. The lowest BCUT2D eigenvalue weighted by molar-refractivity contribution is 0.207. The van der Waals surface area contributed by atoms with Crippen molar-refractivity contribution >= 4 is 17.1 Å². The summed E-state index contributed by atoms with van der Waals surface area (Å²) in [6.07, 6.45) is 6.46. The third-order valence-corrected chi connectivity index (χ3v) is 5.22. The van der Waals surface area contributed by atoms with Crippen molar-refractivity contribution in [3.63, 3.8) is 0 Å². The van der Waals surface area contributed by atoms with Crippen molar-refractivity contribution in [3.05, 3.63) is 71.0 Å². The highest BCUT2D eigenvalue weighted by molar-refractivity contribution is 6.32. The molecule has 7 nitrogen and oxygen atoms in total. The standard InChI is InChI=1S/C19H16ClN5O2/c20-15-7-12(4-6-17(15)26)25-9-16(22-23-25)19(27)18-14(11-1-2-11)5-3-13-8-21-10-24(13)18/h3-11,19,26-27H,1-2H2/t19-/m1/s1. The number of aromatic nitrogens is 5. The maximum atomic E-state index is 11.1. The Morgan fingerprint density at radius 3 is 2.81 bits per heavy atom. The van der Waals surface area contributed by atoms with E-state index < -0.39 is 6.10 Å². The number of aromatic hydroxyl groups is 1. The van der Waals surface area contributed by atoms with Gasteiger partial charge >= 0.3 is 0 Å². The highest BCUT2D eigenvalue weighted by atomic mass is 35.5. The zero-order valence-corrected chi connectivity index (χ0v) is 15.0. The molecular formula is C19H16ClN5O2. The number of phenolic OH excluding ortho intramolecular Hbond substituents is 1. The first-order valence-corrected chi connectivity index (χ1v) is 9.03. The van der Waals surface area contributed by atoms with Gasteiger partial charge in [-0.3, -0.25) is 4.40 Å². The molecule has 0 spiro atoms. The first-order valence-electron chi connectivity index (χ1n) is 8.66. The normalized spacial score (nSPS) is 15.3. The molecule has 8 heteroatoms. The van der Waals surface area contributed by atoms with Gasteiger partial charge in [-0.25, -0.2) is 9.67 Å². The fourth-order valence-corrected chi connectivity index (χ4v) is 3.54. The second-order valence-electron chi connectivity index (χ2n) is 6.76. The van der Waals surface area contributed by atoms with Gasteiger partial charge in [0.1, 0.15) is 17.5 Å². The fourth-order valence-electron chi connectivity index (χ4n) is 3.37. The molecule has 0 saturated heterocycles. The van der Waals surface area contributed by atoms with Crippen molar-refractivity contribution in [2.24, 2.45) is 0 Å². The van der Waals surface area contributed by atoms with E-state index in [0.717, 1.165) is 29.6 Å². The van der Waals surface area contributed by atoms with Crippen LogP contribution in [0.2, 0.25) is 5.02 Å². The molecule has 3 heterocycles. The molecule has 5 rings (SSSR count). The quantitative estimate of drug-likeness (QED) is 0.566. The lowest BCUT2D eigenvalue weighted by atomic mass is 10.0. The lowest BCUT2D eigenvalue weighted by Crippen LogP contribution is -2.10. The summed E-state index contributed by atoms with van der Waals surface area (Å²) in [5, 5.41) is 29.2. The summed E-state index contributed by atoms with van der Waals surface area (Å²) in [7, 11) is 0. The Kier molecular flexibility index (Phi) is 3.66. The molecule has 4 aromatic rings. The Hall–Kier alpha value is -2.90. The van der Waals surface area contributed by atoms with Crippen LogP contribution < -0.4 is 0 Å². The van der Waals surface area contributed by atoms with Crippen LogP contribution in [0.25, 0.3) is 11.2 Å². The van der Waals surface area contributed by atoms with Gasteiger partial charge < -0.3 is 10.2 Å². The summed E-state index contributed by atoms with van der Waals surface area (Å²) < 4.78 is 3.43. The van der Waals surface area contributed by atoms with Crippen molar-refractivity contribution in [2.75, 3.05) is 0 Å². The van der Waals surface area contributed by atoms with Crippen LogP contribution in [-0.2, 0) is 0 Å². The van der Waals surface area contributed by atoms with Crippen LogP contribution in [0.1, 0.15) is 41.8 Å². The van der Waals surface area contributed by atoms with E-state index in [1.165, 1.54) is 10.7 Å². The summed E-state index contributed by atoms with van der Waals surface area (Å²) in [5.74, 6) is 0.467. The van der Waals surface area contributed by atoms with Crippen molar-refractivity contribution in [3.8, 4) is 11.4 Å². The number of fused-ring (bicyclic) bond motifs is 1.